The third kappa shape index (κ3) is 4.20. The molecule has 0 radical (unpaired) electrons. The number of carbonyl (C=O) groups excluding carboxylic acids is 2. The van der Waals surface area contributed by atoms with Gasteiger partial charge in [-0.05, 0) is 23.3 Å². The van der Waals surface area contributed by atoms with E-state index in [1.807, 2.05) is 103 Å². The fourth-order valence-electron chi connectivity index (χ4n) is 3.85. The number of amides is 2. The first-order valence-electron chi connectivity index (χ1n) is 10.1. The molecule has 1 heterocycles. The number of hydrazine groups is 1. The van der Waals surface area contributed by atoms with Gasteiger partial charge in [0.25, 0.3) is 0 Å². The fraction of sp³-hybridized carbons (Fsp3) is 0.200. The molecule has 5 heteroatoms. The third-order valence-electron chi connectivity index (χ3n) is 5.52. The summed E-state index contributed by atoms with van der Waals surface area (Å²) >= 11 is 0. The van der Waals surface area contributed by atoms with E-state index < -0.39 is 5.92 Å². The number of hydrogen-bond acceptors (Lipinski definition) is 3. The normalized spacial score (nSPS) is 16.0. The molecular weight excluding hydrogens is 374 g/mol. The van der Waals surface area contributed by atoms with Crippen LogP contribution < -0.4 is 10.3 Å². The Kier molecular flexibility index (Phi) is 5.80. The van der Waals surface area contributed by atoms with E-state index in [0.717, 1.165) is 16.8 Å². The van der Waals surface area contributed by atoms with Crippen molar-refractivity contribution in [3.63, 3.8) is 0 Å². The summed E-state index contributed by atoms with van der Waals surface area (Å²) in [6, 6.07) is 29.2. The molecule has 0 aromatic heterocycles. The van der Waals surface area contributed by atoms with Gasteiger partial charge >= 0.3 is 0 Å². The van der Waals surface area contributed by atoms with Gasteiger partial charge < -0.3 is 5.32 Å². The first kappa shape index (κ1) is 19.7. The Morgan fingerprint density at radius 2 is 1.40 bits per heavy atom. The highest BCUT2D eigenvalue weighted by Gasteiger charge is 2.37. The lowest BCUT2D eigenvalue weighted by Crippen LogP contribution is -2.42. The van der Waals surface area contributed by atoms with Gasteiger partial charge in [-0.25, -0.2) is 0 Å². The lowest BCUT2D eigenvalue weighted by Gasteiger charge is -2.30. The van der Waals surface area contributed by atoms with Crippen LogP contribution in [0.25, 0.3) is 0 Å². The number of para-hydroxylation sites is 1. The Hall–Kier alpha value is -3.60. The molecule has 4 rings (SSSR count). The van der Waals surface area contributed by atoms with Gasteiger partial charge in [0.15, 0.2) is 0 Å². The van der Waals surface area contributed by atoms with Crippen molar-refractivity contribution in [3.8, 4) is 0 Å². The van der Waals surface area contributed by atoms with Crippen LogP contribution in [0.2, 0.25) is 0 Å². The van der Waals surface area contributed by atoms with Crippen molar-refractivity contribution in [1.29, 1.82) is 0 Å². The Morgan fingerprint density at radius 3 is 1.93 bits per heavy atom. The van der Waals surface area contributed by atoms with E-state index in [1.165, 1.54) is 0 Å². The summed E-state index contributed by atoms with van der Waals surface area (Å²) < 4.78 is 0. The van der Waals surface area contributed by atoms with E-state index in [9.17, 15) is 9.59 Å². The quantitative estimate of drug-likeness (QED) is 0.686. The van der Waals surface area contributed by atoms with Crippen LogP contribution >= 0.6 is 0 Å². The van der Waals surface area contributed by atoms with Gasteiger partial charge in [0.1, 0.15) is 0 Å². The van der Waals surface area contributed by atoms with Crippen molar-refractivity contribution < 1.29 is 9.59 Å². The largest absolute Gasteiger partial charge is 0.345 e. The van der Waals surface area contributed by atoms with Gasteiger partial charge in [-0.2, -0.15) is 0 Å². The highest BCUT2D eigenvalue weighted by atomic mass is 16.2. The van der Waals surface area contributed by atoms with E-state index in [1.54, 1.807) is 5.01 Å². The van der Waals surface area contributed by atoms with Crippen LogP contribution in [0.5, 0.6) is 0 Å². The lowest BCUT2D eigenvalue weighted by atomic mass is 9.97. The van der Waals surface area contributed by atoms with Crippen LogP contribution in [0.15, 0.2) is 91.0 Å². The molecule has 1 aliphatic rings. The number of hydrogen-bond donors (Lipinski definition) is 1. The maximum absolute atomic E-state index is 13.1. The molecule has 152 valence electrons. The molecular formula is C25H25N3O2. The molecule has 0 aliphatic carbocycles. The molecule has 1 N–H and O–H groups in total. The molecule has 0 saturated carbocycles. The predicted octanol–water partition coefficient (Wildman–Crippen LogP) is 3.79. The minimum atomic E-state index is -0.390. The minimum absolute atomic E-state index is 0.0440. The second kappa shape index (κ2) is 8.82. The molecule has 1 aliphatic heterocycles. The van der Waals surface area contributed by atoms with Crippen LogP contribution in [0, 0.1) is 5.92 Å². The fourth-order valence-corrected chi connectivity index (χ4v) is 3.85. The van der Waals surface area contributed by atoms with Crippen molar-refractivity contribution >= 4 is 17.5 Å². The number of carbonyl (C=O) groups is 2. The number of rotatable bonds is 6. The summed E-state index contributed by atoms with van der Waals surface area (Å²) in [4.78, 5) is 25.8. The molecule has 1 saturated heterocycles. The Bertz CT molecular complexity index is 953. The summed E-state index contributed by atoms with van der Waals surface area (Å²) in [6.07, 6.45) is 0.208. The molecule has 1 atom stereocenters. The van der Waals surface area contributed by atoms with Crippen LogP contribution in [-0.2, 0) is 9.59 Å². The zero-order valence-corrected chi connectivity index (χ0v) is 16.9. The number of benzene rings is 3. The molecule has 3 aromatic rings. The number of anilines is 1. The smallest absolute Gasteiger partial charge is 0.241 e. The van der Waals surface area contributed by atoms with Crippen LogP contribution in [0.3, 0.4) is 0 Å². The van der Waals surface area contributed by atoms with Gasteiger partial charge in [-0.3, -0.25) is 19.6 Å². The molecule has 0 spiro atoms. The van der Waals surface area contributed by atoms with Crippen LogP contribution in [0.4, 0.5) is 5.69 Å². The van der Waals surface area contributed by atoms with E-state index in [0.29, 0.717) is 6.54 Å². The molecule has 0 bridgehead atoms. The topological polar surface area (TPSA) is 52.6 Å². The van der Waals surface area contributed by atoms with Crippen molar-refractivity contribution in [2.24, 2.45) is 5.92 Å². The van der Waals surface area contributed by atoms with E-state index in [-0.39, 0.29) is 24.3 Å². The third-order valence-corrected chi connectivity index (χ3v) is 5.52. The Balaban J connectivity index is 1.50. The zero-order valence-electron chi connectivity index (χ0n) is 16.9. The molecule has 2 amide bonds. The van der Waals surface area contributed by atoms with Gasteiger partial charge in [-0.1, -0.05) is 78.9 Å². The van der Waals surface area contributed by atoms with E-state index in [4.69, 9.17) is 0 Å². The lowest BCUT2D eigenvalue weighted by molar-refractivity contribution is -0.129. The minimum Gasteiger partial charge on any atom is -0.345 e. The second-order valence-corrected chi connectivity index (χ2v) is 7.50. The first-order valence-corrected chi connectivity index (χ1v) is 10.1. The summed E-state index contributed by atoms with van der Waals surface area (Å²) in [5.41, 5.74) is 2.94. The molecule has 1 fully saturated rings. The zero-order chi connectivity index (χ0) is 20.9. The highest BCUT2D eigenvalue weighted by molar-refractivity contribution is 5.90. The second-order valence-electron chi connectivity index (χ2n) is 7.50. The molecule has 30 heavy (non-hydrogen) atoms. The Labute approximate surface area is 176 Å². The molecule has 3 aromatic carbocycles. The van der Waals surface area contributed by atoms with Crippen molar-refractivity contribution in [1.82, 2.24) is 10.3 Å². The average Bonchev–Trinajstić information content (AvgIpc) is 3.20. The Morgan fingerprint density at radius 1 is 0.900 bits per heavy atom. The van der Waals surface area contributed by atoms with Crippen LogP contribution in [0.1, 0.15) is 23.6 Å². The monoisotopic (exact) mass is 399 g/mol. The summed E-state index contributed by atoms with van der Waals surface area (Å²) in [7, 11) is 1.85. The maximum atomic E-state index is 13.1. The number of nitrogens with zero attached hydrogens (tertiary/aromatic N) is 2. The van der Waals surface area contributed by atoms with E-state index in [2.05, 4.69) is 5.32 Å². The van der Waals surface area contributed by atoms with Crippen LogP contribution in [-0.4, -0.2) is 30.4 Å². The summed E-state index contributed by atoms with van der Waals surface area (Å²) in [6.45, 7) is 0.367. The van der Waals surface area contributed by atoms with Gasteiger partial charge in [0.2, 0.25) is 11.8 Å². The van der Waals surface area contributed by atoms with Gasteiger partial charge in [-0.15, -0.1) is 0 Å². The first-order chi connectivity index (χ1) is 14.6. The average molecular weight is 399 g/mol. The SMILES string of the molecule is CN(c1ccccc1)N1CC(C(=O)NC(c2ccccc2)c2ccccc2)CC1=O. The summed E-state index contributed by atoms with van der Waals surface area (Å²) in [5.74, 6) is -0.541. The van der Waals surface area contributed by atoms with E-state index >= 15 is 0 Å². The summed E-state index contributed by atoms with van der Waals surface area (Å²) in [5, 5.41) is 6.65. The maximum Gasteiger partial charge on any atom is 0.241 e. The van der Waals surface area contributed by atoms with Crippen molar-refractivity contribution in [3.05, 3.63) is 102 Å². The number of nitrogens with one attached hydrogen (secondary N) is 1. The highest BCUT2D eigenvalue weighted by Crippen LogP contribution is 2.26. The van der Waals surface area contributed by atoms with Gasteiger partial charge in [0.05, 0.1) is 24.2 Å². The predicted molar refractivity (Wildman–Crippen MR) is 118 cm³/mol. The van der Waals surface area contributed by atoms with Crippen molar-refractivity contribution in [2.45, 2.75) is 12.5 Å². The van der Waals surface area contributed by atoms with Crippen molar-refractivity contribution in [2.75, 3.05) is 18.6 Å². The molecule has 1 unspecified atom stereocenters. The standard InChI is InChI=1S/C25H25N3O2/c1-27(22-15-9-4-10-16-22)28-18-21(17-23(28)29)25(30)26-24(19-11-5-2-6-12-19)20-13-7-3-8-14-20/h2-16,21,24H,17-18H2,1H3,(H,26,30). The van der Waals surface area contributed by atoms with Gasteiger partial charge in [0, 0.05) is 13.5 Å². The molecule has 5 nitrogen and oxygen atoms in total.